The molecular formula is C28H41N5OS. The van der Waals surface area contributed by atoms with Crippen molar-refractivity contribution in [3.8, 4) is 0 Å². The fraction of sp³-hybridized carbons (Fsp3) is 0.321. The van der Waals surface area contributed by atoms with Gasteiger partial charge in [0.25, 0.3) is 0 Å². The van der Waals surface area contributed by atoms with Crippen LogP contribution in [0.15, 0.2) is 60.1 Å². The molecule has 1 heterocycles. The van der Waals surface area contributed by atoms with Crippen LogP contribution in [0.1, 0.15) is 41.0 Å². The number of rotatable bonds is 8. The van der Waals surface area contributed by atoms with Crippen LogP contribution in [-0.2, 0) is 11.3 Å². The number of nitrogens with one attached hydrogen (secondary N) is 2. The van der Waals surface area contributed by atoms with Gasteiger partial charge in [-0.3, -0.25) is 4.79 Å². The molecule has 0 saturated carbocycles. The summed E-state index contributed by atoms with van der Waals surface area (Å²) in [4.78, 5) is 13.5. The van der Waals surface area contributed by atoms with Crippen LogP contribution in [0.25, 0.3) is 5.70 Å². The normalized spacial score (nSPS) is 10.3. The molecule has 3 rings (SSSR count). The number of hydrogen-bond acceptors (Lipinski definition) is 6. The lowest BCUT2D eigenvalue weighted by Gasteiger charge is -2.21. The zero-order chi connectivity index (χ0) is 26.4. The number of nitrogens with zero attached hydrogens (tertiary/aromatic N) is 2. The maximum absolute atomic E-state index is 10.6. The van der Waals surface area contributed by atoms with Crippen LogP contribution in [-0.4, -0.2) is 27.6 Å². The van der Waals surface area contributed by atoms with Gasteiger partial charge in [-0.05, 0) is 72.7 Å². The molecule has 4 N–H and O–H groups in total. The molecule has 0 unspecified atom stereocenters. The van der Waals surface area contributed by atoms with Crippen molar-refractivity contribution in [1.82, 2.24) is 10.6 Å². The summed E-state index contributed by atoms with van der Waals surface area (Å²) >= 11 is 1.77. The monoisotopic (exact) mass is 495 g/mol. The Labute approximate surface area is 215 Å². The van der Waals surface area contributed by atoms with Gasteiger partial charge in [0.05, 0.1) is 17.1 Å². The first kappa shape index (κ1) is 29.7. The molecule has 1 amide bonds. The van der Waals surface area contributed by atoms with Gasteiger partial charge < -0.3 is 20.5 Å². The van der Waals surface area contributed by atoms with Crippen molar-refractivity contribution in [3.05, 3.63) is 87.2 Å². The Morgan fingerprint density at radius 3 is 2.26 bits per heavy atom. The molecule has 0 aliphatic heterocycles. The lowest BCUT2D eigenvalue weighted by atomic mass is 10.0. The molecule has 0 radical (unpaired) electrons. The Morgan fingerprint density at radius 2 is 1.71 bits per heavy atom. The van der Waals surface area contributed by atoms with E-state index in [2.05, 4.69) is 60.2 Å². The molecule has 0 aliphatic carbocycles. The first-order chi connectivity index (χ1) is 16.8. The van der Waals surface area contributed by atoms with Gasteiger partial charge in [0.1, 0.15) is 0 Å². The summed E-state index contributed by atoms with van der Waals surface area (Å²) < 4.78 is 0. The van der Waals surface area contributed by atoms with E-state index in [0.717, 1.165) is 35.6 Å². The van der Waals surface area contributed by atoms with Crippen LogP contribution < -0.4 is 26.4 Å². The Bertz CT molecular complexity index is 1060. The number of amides is 1. The van der Waals surface area contributed by atoms with Gasteiger partial charge in [0.2, 0.25) is 6.41 Å². The highest BCUT2D eigenvalue weighted by Gasteiger charge is 2.08. The van der Waals surface area contributed by atoms with E-state index in [4.69, 9.17) is 5.84 Å². The smallest absolute Gasteiger partial charge is 0.213 e. The van der Waals surface area contributed by atoms with Gasteiger partial charge in [0, 0.05) is 38.8 Å². The Kier molecular flexibility index (Phi) is 13.2. The predicted molar refractivity (Wildman–Crippen MR) is 154 cm³/mol. The summed E-state index contributed by atoms with van der Waals surface area (Å²) in [5.74, 6) is 5.67. The molecule has 190 valence electrons. The third-order valence-electron chi connectivity index (χ3n) is 5.19. The fourth-order valence-electron chi connectivity index (χ4n) is 3.16. The van der Waals surface area contributed by atoms with Crippen LogP contribution in [0.5, 0.6) is 0 Å². The van der Waals surface area contributed by atoms with Gasteiger partial charge in [-0.15, -0.1) is 11.3 Å². The van der Waals surface area contributed by atoms with Gasteiger partial charge >= 0.3 is 0 Å². The van der Waals surface area contributed by atoms with Crippen LogP contribution >= 0.6 is 11.3 Å². The van der Waals surface area contributed by atoms with Crippen LogP contribution in [0.4, 0.5) is 11.4 Å². The van der Waals surface area contributed by atoms with E-state index in [1.807, 2.05) is 52.2 Å². The van der Waals surface area contributed by atoms with Crippen LogP contribution in [0.3, 0.4) is 0 Å². The van der Waals surface area contributed by atoms with Crippen LogP contribution in [0.2, 0.25) is 0 Å². The highest BCUT2D eigenvalue weighted by molar-refractivity contribution is 7.09. The average Bonchev–Trinajstić information content (AvgIpc) is 3.38. The zero-order valence-corrected chi connectivity index (χ0v) is 23.2. The Morgan fingerprint density at radius 1 is 1.00 bits per heavy atom. The van der Waals surface area contributed by atoms with Crippen molar-refractivity contribution in [1.29, 1.82) is 0 Å². The number of nitrogens with two attached hydrogens (primary N) is 1. The molecule has 0 fully saturated rings. The third-order valence-corrected chi connectivity index (χ3v) is 6.07. The number of aryl methyl sites for hydroxylation is 3. The Hall–Kier alpha value is -3.29. The number of benzene rings is 2. The zero-order valence-electron chi connectivity index (χ0n) is 22.3. The molecule has 7 heteroatoms. The maximum atomic E-state index is 10.6. The highest BCUT2D eigenvalue weighted by atomic mass is 32.1. The second-order valence-electron chi connectivity index (χ2n) is 7.90. The highest BCUT2D eigenvalue weighted by Crippen LogP contribution is 2.26. The molecule has 0 spiro atoms. The summed E-state index contributed by atoms with van der Waals surface area (Å²) in [5.41, 5.74) is 7.73. The van der Waals surface area contributed by atoms with Crippen molar-refractivity contribution in [2.45, 2.75) is 41.2 Å². The summed E-state index contributed by atoms with van der Waals surface area (Å²) in [6.45, 7) is 11.1. The molecular weight excluding hydrogens is 454 g/mol. The third kappa shape index (κ3) is 9.47. The average molecular weight is 496 g/mol. The fourth-order valence-corrected chi connectivity index (χ4v) is 3.80. The summed E-state index contributed by atoms with van der Waals surface area (Å²) in [5, 5.41) is 10.2. The minimum atomic E-state index is 0.762. The SMILES string of the molecule is CC.CN/C=C(\NCc1cccs1)c1ccc(C)c(C)c1.Cc1ccc(N(C)C=O)c(N(C)N)c1. The summed E-state index contributed by atoms with van der Waals surface area (Å²) in [6.07, 6.45) is 2.77. The van der Waals surface area contributed by atoms with Crippen molar-refractivity contribution < 1.29 is 4.79 Å². The molecule has 6 nitrogen and oxygen atoms in total. The van der Waals surface area contributed by atoms with Crippen molar-refractivity contribution in [2.75, 3.05) is 31.1 Å². The lowest BCUT2D eigenvalue weighted by molar-refractivity contribution is -0.107. The molecule has 0 bridgehead atoms. The standard InChI is InChI=1S/C16H20N2S.C10H15N3O.C2H6/c1-12-6-7-14(9-13(12)2)16(11-17-3)18-10-15-5-4-8-19-15;1-8-4-5-9(12(2)7-14)10(6-8)13(3)11;1-2/h4-9,11,17-18H,10H2,1-3H3;4-7H,11H2,1-3H3;1-2H3/b16-11-;;. The maximum Gasteiger partial charge on any atom is 0.213 e. The first-order valence-electron chi connectivity index (χ1n) is 11.7. The quantitative estimate of drug-likeness (QED) is 0.216. The number of anilines is 2. The van der Waals surface area contributed by atoms with Gasteiger partial charge in [-0.2, -0.15) is 0 Å². The number of hydrogen-bond donors (Lipinski definition) is 3. The van der Waals surface area contributed by atoms with E-state index in [1.54, 1.807) is 25.4 Å². The van der Waals surface area contributed by atoms with E-state index < -0.39 is 0 Å². The summed E-state index contributed by atoms with van der Waals surface area (Å²) in [6, 6.07) is 16.5. The van der Waals surface area contributed by atoms with E-state index in [9.17, 15) is 4.79 Å². The molecule has 1 aromatic heterocycles. The van der Waals surface area contributed by atoms with Crippen LogP contribution in [0, 0.1) is 20.8 Å². The number of carbonyl (C=O) groups excluding carboxylic acids is 1. The van der Waals surface area contributed by atoms with Gasteiger partial charge in [0.15, 0.2) is 0 Å². The van der Waals surface area contributed by atoms with Gasteiger partial charge in [-0.1, -0.05) is 38.1 Å². The van der Waals surface area contributed by atoms with Crippen molar-refractivity contribution in [3.63, 3.8) is 0 Å². The molecule has 35 heavy (non-hydrogen) atoms. The molecule has 2 aromatic carbocycles. The molecule has 0 atom stereocenters. The lowest BCUT2D eigenvalue weighted by Crippen LogP contribution is -2.28. The predicted octanol–water partition coefficient (Wildman–Crippen LogP) is 5.60. The summed E-state index contributed by atoms with van der Waals surface area (Å²) in [7, 11) is 5.37. The van der Waals surface area contributed by atoms with Crippen molar-refractivity contribution in [2.24, 2.45) is 5.84 Å². The minimum Gasteiger partial charge on any atom is -0.392 e. The molecule has 0 aliphatic rings. The number of hydrazine groups is 1. The van der Waals surface area contributed by atoms with Gasteiger partial charge in [-0.25, -0.2) is 5.84 Å². The van der Waals surface area contributed by atoms with E-state index in [-0.39, 0.29) is 0 Å². The minimum absolute atomic E-state index is 0.762. The Balaban J connectivity index is 0.000000341. The number of carbonyl (C=O) groups is 1. The van der Waals surface area contributed by atoms with E-state index in [1.165, 1.54) is 31.5 Å². The second-order valence-corrected chi connectivity index (χ2v) is 8.93. The van der Waals surface area contributed by atoms with Crippen molar-refractivity contribution >= 4 is 34.8 Å². The molecule has 3 aromatic rings. The molecule has 0 saturated heterocycles. The second kappa shape index (κ2) is 15.6. The number of thiophene rings is 1. The first-order valence-corrected chi connectivity index (χ1v) is 12.6. The topological polar surface area (TPSA) is 73.6 Å². The van der Waals surface area contributed by atoms with E-state index in [0.29, 0.717) is 0 Å². The largest absolute Gasteiger partial charge is 0.392 e. The van der Waals surface area contributed by atoms with E-state index >= 15 is 0 Å².